The van der Waals surface area contributed by atoms with Crippen molar-refractivity contribution >= 4 is 57.9 Å². The molecule has 0 bridgehead atoms. The van der Waals surface area contributed by atoms with Gasteiger partial charge in [-0.15, -0.1) is 0 Å². The average Bonchev–Trinajstić information content (AvgIpc) is 3.37. The number of hydrogen-bond donors (Lipinski definition) is 4. The molecule has 0 atom stereocenters. The van der Waals surface area contributed by atoms with Gasteiger partial charge in [-0.1, -0.05) is 182 Å². The van der Waals surface area contributed by atoms with Crippen molar-refractivity contribution in [2.75, 3.05) is 0 Å². The second kappa shape index (κ2) is 22.8. The average molecular weight is 979 g/mol. The van der Waals surface area contributed by atoms with Crippen LogP contribution in [0.2, 0.25) is 0 Å². The minimum Gasteiger partial charge on any atom is -0.477 e. The molecule has 0 fully saturated rings. The van der Waals surface area contributed by atoms with Crippen LogP contribution in [0.25, 0.3) is 0 Å². The molecule has 0 aliphatic carbocycles. The van der Waals surface area contributed by atoms with Gasteiger partial charge in [-0.05, 0) is 31.8 Å². The maximum absolute atomic E-state index is 12.6. The first-order chi connectivity index (χ1) is 32.4. The van der Waals surface area contributed by atoms with Gasteiger partial charge in [0.1, 0.15) is 11.1 Å². The summed E-state index contributed by atoms with van der Waals surface area (Å²) in [6.45, 7) is 0. The molecule has 0 amide bonds. The summed E-state index contributed by atoms with van der Waals surface area (Å²) in [5.41, 5.74) is -3.72. The van der Waals surface area contributed by atoms with Gasteiger partial charge in [-0.3, -0.25) is 0 Å². The van der Waals surface area contributed by atoms with E-state index in [1.165, 1.54) is 0 Å². The van der Waals surface area contributed by atoms with Crippen LogP contribution in [0.1, 0.15) is 20.7 Å². The fourth-order valence-electron chi connectivity index (χ4n) is 6.39. The zero-order chi connectivity index (χ0) is 49.8. The molecule has 8 rings (SSSR count). The summed E-state index contributed by atoms with van der Waals surface area (Å²) < 4.78 is 124. The Kier molecular flexibility index (Phi) is 17.2. The maximum Gasteiger partial charge on any atom is 0.341 e. The summed E-state index contributed by atoms with van der Waals surface area (Å²) >= 11 is 0. The molecule has 18 heteroatoms. The first-order valence-electron chi connectivity index (χ1n) is 19.5. The number of rotatable bonds is 8. The van der Waals surface area contributed by atoms with Gasteiger partial charge in [0.05, 0.1) is 14.1 Å². The lowest BCUT2D eigenvalue weighted by atomic mass is 10.1. The van der Waals surface area contributed by atoms with E-state index in [-0.39, 0.29) is 0 Å². The van der Waals surface area contributed by atoms with E-state index in [2.05, 4.69) is 72.8 Å². The standard InChI is InChI=1S/2C18H16NP.2C7HF5O2/c2*19-20(16-10-4-1-5-11-16,17-12-6-2-7-13-17)18-14-8-3-9-15-18;2*8-2-1(7(13)14)3(9)5(11)6(12)4(2)10/h2*1-15,19H;2*(H,13,14). The van der Waals surface area contributed by atoms with E-state index in [0.717, 1.165) is 31.8 Å². The number of carbonyl (C=O) groups is 2. The number of halogens is 10. The van der Waals surface area contributed by atoms with Gasteiger partial charge in [-0.25, -0.2) is 53.5 Å². The molecular weight excluding hydrogens is 944 g/mol. The van der Waals surface area contributed by atoms with Crippen molar-refractivity contribution < 1.29 is 63.7 Å². The van der Waals surface area contributed by atoms with E-state index in [4.69, 9.17) is 10.2 Å². The number of benzene rings is 8. The van der Waals surface area contributed by atoms with Gasteiger partial charge in [0.2, 0.25) is 11.6 Å². The lowest BCUT2D eigenvalue weighted by Crippen LogP contribution is -2.24. The van der Waals surface area contributed by atoms with Gasteiger partial charge >= 0.3 is 11.9 Å². The third-order valence-corrected chi connectivity index (χ3v) is 16.1. The van der Waals surface area contributed by atoms with Crippen LogP contribution in [0.4, 0.5) is 43.9 Å². The topological polar surface area (TPSA) is 122 Å². The molecule has 68 heavy (non-hydrogen) atoms. The van der Waals surface area contributed by atoms with Crippen molar-refractivity contribution in [2.24, 2.45) is 0 Å². The van der Waals surface area contributed by atoms with E-state index >= 15 is 0 Å². The van der Waals surface area contributed by atoms with Gasteiger partial charge in [0, 0.05) is 0 Å². The fraction of sp³-hybridized carbons (Fsp3) is 0. The molecule has 0 saturated carbocycles. The Morgan fingerprint density at radius 3 is 0.544 bits per heavy atom. The number of carboxylic acid groups (broad SMARTS) is 2. The molecule has 348 valence electrons. The monoisotopic (exact) mass is 978 g/mol. The minimum absolute atomic E-state index is 1.09. The third-order valence-electron chi connectivity index (χ3n) is 9.71. The van der Waals surface area contributed by atoms with Crippen LogP contribution in [0.5, 0.6) is 0 Å². The Hall–Kier alpha value is -7.54. The molecule has 0 radical (unpaired) electrons. The molecule has 0 heterocycles. The Morgan fingerprint density at radius 2 is 0.412 bits per heavy atom. The van der Waals surface area contributed by atoms with Crippen LogP contribution in [0, 0.1) is 68.5 Å². The summed E-state index contributed by atoms with van der Waals surface area (Å²) in [6, 6.07) is 61.1. The van der Waals surface area contributed by atoms with Crippen molar-refractivity contribution in [3.63, 3.8) is 0 Å². The lowest BCUT2D eigenvalue weighted by molar-refractivity contribution is 0.0671. The van der Waals surface area contributed by atoms with Gasteiger partial charge in [-0.2, -0.15) is 0 Å². The van der Waals surface area contributed by atoms with Crippen LogP contribution in [-0.4, -0.2) is 22.2 Å². The van der Waals surface area contributed by atoms with E-state index in [9.17, 15) is 63.8 Å². The first-order valence-corrected chi connectivity index (χ1v) is 23.1. The summed E-state index contributed by atoms with van der Waals surface area (Å²) in [6.07, 6.45) is 0. The smallest absolute Gasteiger partial charge is 0.341 e. The van der Waals surface area contributed by atoms with Crippen molar-refractivity contribution in [3.05, 3.63) is 251 Å². The quantitative estimate of drug-likeness (QED) is 0.0524. The van der Waals surface area contributed by atoms with Crippen LogP contribution in [-0.2, 0) is 0 Å². The molecule has 0 unspecified atom stereocenters. The highest BCUT2D eigenvalue weighted by molar-refractivity contribution is 7.86. The Balaban J connectivity index is 0.000000172. The molecule has 0 aliphatic rings. The highest BCUT2D eigenvalue weighted by Crippen LogP contribution is 2.44. The molecule has 8 aromatic rings. The van der Waals surface area contributed by atoms with Gasteiger partial charge in [0.25, 0.3) is 0 Å². The zero-order valence-corrected chi connectivity index (χ0v) is 36.5. The number of nitrogens with one attached hydrogen (secondary N) is 2. The zero-order valence-electron chi connectivity index (χ0n) is 34.7. The molecule has 6 nitrogen and oxygen atoms in total. The molecule has 0 aliphatic heterocycles. The Bertz CT molecular complexity index is 2650. The van der Waals surface area contributed by atoms with Crippen molar-refractivity contribution in [1.29, 1.82) is 10.3 Å². The summed E-state index contributed by atoms with van der Waals surface area (Å²) in [5.74, 6) is -27.7. The maximum atomic E-state index is 12.6. The van der Waals surface area contributed by atoms with Crippen molar-refractivity contribution in [1.82, 2.24) is 0 Å². The number of carboxylic acids is 2. The highest BCUT2D eigenvalue weighted by Gasteiger charge is 2.31. The Labute approximate surface area is 382 Å². The summed E-state index contributed by atoms with van der Waals surface area (Å²) in [7, 11) is -4.55. The predicted octanol–water partition coefficient (Wildman–Crippen LogP) is 11.6. The van der Waals surface area contributed by atoms with Crippen molar-refractivity contribution in [3.8, 4) is 0 Å². The first kappa shape index (κ1) is 51.4. The Morgan fingerprint density at radius 1 is 0.279 bits per heavy atom. The highest BCUT2D eigenvalue weighted by atomic mass is 31.2. The fourth-order valence-corrected chi connectivity index (χ4v) is 11.9. The lowest BCUT2D eigenvalue weighted by Gasteiger charge is -2.24. The largest absolute Gasteiger partial charge is 0.477 e. The molecule has 4 N–H and O–H groups in total. The molecule has 0 aromatic heterocycles. The van der Waals surface area contributed by atoms with E-state index < -0.39 is 95.3 Å². The van der Waals surface area contributed by atoms with Crippen LogP contribution in [0.15, 0.2) is 182 Å². The normalized spacial score (nSPS) is 10.9. The van der Waals surface area contributed by atoms with E-state index in [0.29, 0.717) is 0 Å². The van der Waals surface area contributed by atoms with Crippen molar-refractivity contribution in [2.45, 2.75) is 0 Å². The minimum atomic E-state index is -2.38. The van der Waals surface area contributed by atoms with Crippen LogP contribution < -0.4 is 31.8 Å². The molecule has 8 aromatic carbocycles. The summed E-state index contributed by atoms with van der Waals surface area (Å²) in [5, 5.41) is 41.4. The second-order valence-electron chi connectivity index (χ2n) is 13.9. The summed E-state index contributed by atoms with van der Waals surface area (Å²) in [4.78, 5) is 20.2. The number of hydrogen-bond acceptors (Lipinski definition) is 4. The predicted molar refractivity (Wildman–Crippen MR) is 242 cm³/mol. The number of aromatic carboxylic acids is 2. The van der Waals surface area contributed by atoms with Crippen LogP contribution in [0.3, 0.4) is 0 Å². The molecular formula is C50H34F10N2O4P2. The SMILES string of the molecule is N=P(c1ccccc1)(c1ccccc1)c1ccccc1.N=P(c1ccccc1)(c1ccccc1)c1ccccc1.O=C(O)c1c(F)c(F)c(F)c(F)c1F.O=C(O)c1c(F)c(F)c(F)c(F)c1F. The van der Waals surface area contributed by atoms with E-state index in [1.54, 1.807) is 0 Å². The molecule has 0 spiro atoms. The van der Waals surface area contributed by atoms with Gasteiger partial charge in [0.15, 0.2) is 46.5 Å². The van der Waals surface area contributed by atoms with Gasteiger partial charge < -0.3 is 20.5 Å². The van der Waals surface area contributed by atoms with Crippen LogP contribution >= 0.6 is 14.1 Å². The third kappa shape index (κ3) is 11.0. The van der Waals surface area contributed by atoms with E-state index in [1.807, 2.05) is 109 Å². The second-order valence-corrected chi connectivity index (χ2v) is 19.6. The molecule has 0 saturated heterocycles.